The summed E-state index contributed by atoms with van der Waals surface area (Å²) in [4.78, 5) is 32.9. The van der Waals surface area contributed by atoms with Crippen LogP contribution in [0.3, 0.4) is 0 Å². The molecule has 11 heteroatoms. The Morgan fingerprint density at radius 2 is 1.86 bits per heavy atom. The second-order valence-corrected chi connectivity index (χ2v) is 12.7. The molecule has 0 saturated carbocycles. The quantitative estimate of drug-likeness (QED) is 0.379. The minimum Gasteiger partial charge on any atom is -0.309 e. The zero-order valence-electron chi connectivity index (χ0n) is 20.1. The standard InChI is InChI=1S/C26H25Cl2N3O4S2/c1-3-16(2)24-26(33)31(14-13-22(32)30-37(34,35)23-12-11-21(28)36-23)20-10-9-18(27)15-19(20)25(29-24)17-7-5-4-6-8-17/h4-12,15-16,24H,3,13-14H2,1-2H3,(H,30,32)/t16?,24-/m0/s1. The van der Waals surface area contributed by atoms with Crippen molar-refractivity contribution >= 4 is 67.8 Å². The Bertz CT molecular complexity index is 1460. The van der Waals surface area contributed by atoms with Crippen molar-refractivity contribution in [2.75, 3.05) is 11.4 Å². The number of nitrogens with zero attached hydrogens (tertiary/aromatic N) is 2. The van der Waals surface area contributed by atoms with E-state index in [9.17, 15) is 18.0 Å². The Kier molecular flexibility index (Phi) is 8.38. The maximum Gasteiger partial charge on any atom is 0.273 e. The molecule has 1 unspecified atom stereocenters. The highest BCUT2D eigenvalue weighted by Gasteiger charge is 2.35. The first-order valence-electron chi connectivity index (χ1n) is 11.7. The van der Waals surface area contributed by atoms with Gasteiger partial charge in [0.25, 0.3) is 15.9 Å². The Morgan fingerprint density at radius 3 is 2.51 bits per heavy atom. The van der Waals surface area contributed by atoms with Crippen molar-refractivity contribution in [3.63, 3.8) is 0 Å². The van der Waals surface area contributed by atoms with Crippen LogP contribution in [0.1, 0.15) is 37.8 Å². The molecular formula is C26H25Cl2N3O4S2. The summed E-state index contributed by atoms with van der Waals surface area (Å²) in [5.41, 5.74) is 2.70. The number of rotatable bonds is 8. The zero-order chi connectivity index (χ0) is 26.7. The SMILES string of the molecule is CCC(C)[C@@H]1N=C(c2ccccc2)c2cc(Cl)ccc2N(CCC(=O)NS(=O)(=O)c2ccc(Cl)s2)C1=O. The number of aliphatic imine (C=N–C) groups is 1. The summed E-state index contributed by atoms with van der Waals surface area (Å²) in [6, 6.07) is 16.8. The molecule has 1 aromatic heterocycles. The van der Waals surface area contributed by atoms with Gasteiger partial charge in [-0.15, -0.1) is 11.3 Å². The molecule has 2 atom stereocenters. The van der Waals surface area contributed by atoms with E-state index in [0.717, 1.165) is 23.3 Å². The summed E-state index contributed by atoms with van der Waals surface area (Å²) in [5.74, 6) is -1.07. The van der Waals surface area contributed by atoms with Gasteiger partial charge in [0.1, 0.15) is 10.3 Å². The number of hydrogen-bond donors (Lipinski definition) is 1. The van der Waals surface area contributed by atoms with Gasteiger partial charge in [0.05, 0.1) is 15.7 Å². The molecule has 1 N–H and O–H groups in total. The van der Waals surface area contributed by atoms with Gasteiger partial charge in [0.2, 0.25) is 5.91 Å². The molecule has 0 spiro atoms. The fourth-order valence-corrected chi connectivity index (χ4v) is 6.70. The molecule has 1 aliphatic heterocycles. The number of sulfonamides is 1. The number of fused-ring (bicyclic) bond motifs is 1. The smallest absolute Gasteiger partial charge is 0.273 e. The lowest BCUT2D eigenvalue weighted by Gasteiger charge is -2.27. The number of amides is 2. The third kappa shape index (κ3) is 6.06. The zero-order valence-corrected chi connectivity index (χ0v) is 23.3. The molecule has 4 rings (SSSR count). The maximum absolute atomic E-state index is 13.8. The minimum absolute atomic E-state index is 0.0372. The van der Waals surface area contributed by atoms with Crippen LogP contribution in [0.2, 0.25) is 9.36 Å². The number of thiophene rings is 1. The van der Waals surface area contributed by atoms with Crippen LogP contribution in [0.25, 0.3) is 0 Å². The summed E-state index contributed by atoms with van der Waals surface area (Å²) in [5, 5.41) is 0.482. The highest BCUT2D eigenvalue weighted by Crippen LogP contribution is 2.33. The molecule has 7 nitrogen and oxygen atoms in total. The summed E-state index contributed by atoms with van der Waals surface area (Å²) < 4.78 is 27.4. The first-order chi connectivity index (χ1) is 17.6. The molecule has 2 aromatic carbocycles. The molecule has 0 fully saturated rings. The summed E-state index contributed by atoms with van der Waals surface area (Å²) in [7, 11) is -4.06. The molecule has 2 amide bonds. The molecule has 1 aliphatic rings. The largest absolute Gasteiger partial charge is 0.309 e. The first-order valence-corrected chi connectivity index (χ1v) is 14.7. The van der Waals surface area contributed by atoms with E-state index in [1.54, 1.807) is 18.2 Å². The van der Waals surface area contributed by atoms with E-state index >= 15 is 0 Å². The monoisotopic (exact) mass is 577 g/mol. The first kappa shape index (κ1) is 27.3. The second-order valence-electron chi connectivity index (χ2n) is 8.66. The average molecular weight is 579 g/mol. The van der Waals surface area contributed by atoms with Gasteiger partial charge in [-0.3, -0.25) is 14.6 Å². The topological polar surface area (TPSA) is 95.9 Å². The van der Waals surface area contributed by atoms with Crippen molar-refractivity contribution < 1.29 is 18.0 Å². The summed E-state index contributed by atoms with van der Waals surface area (Å²) >= 11 is 13.0. The predicted molar refractivity (Wildman–Crippen MR) is 148 cm³/mol. The van der Waals surface area contributed by atoms with Crippen LogP contribution in [-0.2, 0) is 19.6 Å². The third-order valence-corrected chi connectivity index (χ3v) is 9.48. The lowest BCUT2D eigenvalue weighted by atomic mass is 9.98. The van der Waals surface area contributed by atoms with E-state index in [-0.39, 0.29) is 29.0 Å². The van der Waals surface area contributed by atoms with Crippen molar-refractivity contribution in [3.05, 3.63) is 81.1 Å². The summed E-state index contributed by atoms with van der Waals surface area (Å²) in [6.45, 7) is 3.91. The van der Waals surface area contributed by atoms with Crippen LogP contribution in [0.4, 0.5) is 5.69 Å². The van der Waals surface area contributed by atoms with Crippen LogP contribution in [0.5, 0.6) is 0 Å². The van der Waals surface area contributed by atoms with Gasteiger partial charge in [-0.05, 0) is 36.2 Å². The van der Waals surface area contributed by atoms with E-state index in [1.807, 2.05) is 44.2 Å². The lowest BCUT2D eigenvalue weighted by molar-refractivity contribution is -0.121. The van der Waals surface area contributed by atoms with Gasteiger partial charge in [-0.2, -0.15) is 0 Å². The number of benzene rings is 2. The van der Waals surface area contributed by atoms with Crippen molar-refractivity contribution in [3.8, 4) is 0 Å². The lowest BCUT2D eigenvalue weighted by Crippen LogP contribution is -2.43. The van der Waals surface area contributed by atoms with Crippen LogP contribution in [-0.4, -0.2) is 38.5 Å². The molecule has 0 saturated heterocycles. The third-order valence-electron chi connectivity index (χ3n) is 6.15. The molecule has 194 valence electrons. The minimum atomic E-state index is -4.06. The number of carbonyl (C=O) groups is 2. The number of hydrogen-bond acceptors (Lipinski definition) is 6. The van der Waals surface area contributed by atoms with Gasteiger partial charge in [0, 0.05) is 29.1 Å². The van der Waals surface area contributed by atoms with E-state index in [2.05, 4.69) is 4.72 Å². The van der Waals surface area contributed by atoms with Crippen molar-refractivity contribution in [1.82, 2.24) is 4.72 Å². The van der Waals surface area contributed by atoms with Crippen molar-refractivity contribution in [2.45, 2.75) is 36.9 Å². The highest BCUT2D eigenvalue weighted by molar-refractivity contribution is 7.92. The van der Waals surface area contributed by atoms with E-state index < -0.39 is 22.0 Å². The van der Waals surface area contributed by atoms with Crippen LogP contribution in [0.15, 0.2) is 69.9 Å². The number of carbonyl (C=O) groups excluding carboxylic acids is 2. The highest BCUT2D eigenvalue weighted by atomic mass is 35.5. The van der Waals surface area contributed by atoms with E-state index in [0.29, 0.717) is 26.3 Å². The number of halogens is 2. The Balaban J connectivity index is 1.68. The van der Waals surface area contributed by atoms with Gasteiger partial charge < -0.3 is 4.90 Å². The summed E-state index contributed by atoms with van der Waals surface area (Å²) in [6.07, 6.45) is 0.481. The van der Waals surface area contributed by atoms with Gasteiger partial charge >= 0.3 is 0 Å². The molecule has 0 bridgehead atoms. The average Bonchev–Trinajstić information content (AvgIpc) is 3.28. The fraction of sp³-hybridized carbons (Fsp3) is 0.269. The molecule has 3 aromatic rings. The van der Waals surface area contributed by atoms with Gasteiger partial charge in [-0.25, -0.2) is 13.1 Å². The molecule has 37 heavy (non-hydrogen) atoms. The Labute approximate surface area is 230 Å². The maximum atomic E-state index is 13.8. The van der Waals surface area contributed by atoms with Crippen LogP contribution < -0.4 is 9.62 Å². The van der Waals surface area contributed by atoms with E-state index in [1.165, 1.54) is 17.0 Å². The number of anilines is 1. The van der Waals surface area contributed by atoms with E-state index in [4.69, 9.17) is 28.2 Å². The van der Waals surface area contributed by atoms with Crippen LogP contribution in [0, 0.1) is 5.92 Å². The fourth-order valence-electron chi connectivity index (χ4n) is 4.03. The molecular weight excluding hydrogens is 553 g/mol. The van der Waals surface area contributed by atoms with Gasteiger partial charge in [-0.1, -0.05) is 73.8 Å². The molecule has 0 aliphatic carbocycles. The van der Waals surface area contributed by atoms with Crippen molar-refractivity contribution in [2.24, 2.45) is 10.9 Å². The normalized spacial score (nSPS) is 16.5. The van der Waals surface area contributed by atoms with Crippen LogP contribution >= 0.6 is 34.5 Å². The Hall–Kier alpha value is -2.72. The van der Waals surface area contributed by atoms with Crippen molar-refractivity contribution in [1.29, 1.82) is 0 Å². The van der Waals surface area contributed by atoms with Gasteiger partial charge in [0.15, 0.2) is 0 Å². The predicted octanol–water partition coefficient (Wildman–Crippen LogP) is 5.55. The number of nitrogens with one attached hydrogen (secondary N) is 1. The molecule has 2 heterocycles. The Morgan fingerprint density at radius 1 is 1.14 bits per heavy atom. The second kappa shape index (κ2) is 11.3. The molecule has 0 radical (unpaired) electrons. The number of benzodiazepines with no additional fused rings is 1.